The first-order valence-corrected chi connectivity index (χ1v) is 5.24. The zero-order valence-electron chi connectivity index (χ0n) is 8.42. The van der Waals surface area contributed by atoms with Crippen molar-refractivity contribution in [1.82, 2.24) is 5.32 Å². The largest absolute Gasteiger partial charge is 0.466 e. The van der Waals surface area contributed by atoms with Gasteiger partial charge < -0.3 is 9.73 Å². The van der Waals surface area contributed by atoms with Gasteiger partial charge in [-0.05, 0) is 25.1 Å². The molecule has 0 aromatic carbocycles. The van der Waals surface area contributed by atoms with Gasteiger partial charge in [-0.1, -0.05) is 6.92 Å². The quantitative estimate of drug-likeness (QED) is 0.786. The van der Waals surface area contributed by atoms with Gasteiger partial charge in [0.25, 0.3) is 0 Å². The van der Waals surface area contributed by atoms with Crippen LogP contribution in [0.4, 0.5) is 4.39 Å². The van der Waals surface area contributed by atoms with Crippen LogP contribution >= 0.6 is 0 Å². The maximum absolute atomic E-state index is 13.5. The van der Waals surface area contributed by atoms with Crippen molar-refractivity contribution in [3.8, 4) is 0 Å². The molecule has 14 heavy (non-hydrogen) atoms. The van der Waals surface area contributed by atoms with Gasteiger partial charge in [0.2, 0.25) is 0 Å². The van der Waals surface area contributed by atoms with Crippen molar-refractivity contribution in [2.75, 3.05) is 13.1 Å². The average molecular weight is 197 g/mol. The molecule has 1 fully saturated rings. The van der Waals surface area contributed by atoms with Gasteiger partial charge in [-0.15, -0.1) is 0 Å². The summed E-state index contributed by atoms with van der Waals surface area (Å²) in [5.74, 6) is 1.72. The molecule has 3 heteroatoms. The number of aryl methyl sites for hydroxylation is 1. The number of piperidine rings is 1. The summed E-state index contributed by atoms with van der Waals surface area (Å²) in [6, 6.07) is 3.87. The fourth-order valence-electron chi connectivity index (χ4n) is 1.92. The Morgan fingerprint density at radius 1 is 1.57 bits per heavy atom. The number of halogens is 1. The lowest BCUT2D eigenvalue weighted by molar-refractivity contribution is 0.210. The van der Waals surface area contributed by atoms with E-state index in [2.05, 4.69) is 5.32 Å². The minimum Gasteiger partial charge on any atom is -0.466 e. The second kappa shape index (κ2) is 4.13. The van der Waals surface area contributed by atoms with E-state index in [0.717, 1.165) is 30.9 Å². The minimum absolute atomic E-state index is 0.0449. The van der Waals surface area contributed by atoms with Crippen molar-refractivity contribution in [3.05, 3.63) is 23.7 Å². The van der Waals surface area contributed by atoms with E-state index in [4.69, 9.17) is 4.42 Å². The molecule has 0 bridgehead atoms. The van der Waals surface area contributed by atoms with Crippen molar-refractivity contribution in [3.63, 3.8) is 0 Å². The predicted octanol–water partition coefficient (Wildman–Crippen LogP) is 2.26. The lowest BCUT2D eigenvalue weighted by Gasteiger charge is -2.24. The highest BCUT2D eigenvalue weighted by Gasteiger charge is 2.28. The van der Waals surface area contributed by atoms with Gasteiger partial charge in [0.05, 0.1) is 5.92 Å². The summed E-state index contributed by atoms with van der Waals surface area (Å²) in [7, 11) is 0. The SMILES string of the molecule is CCc1ccc(C2CCNCC2F)o1. The normalized spacial score (nSPS) is 27.9. The molecule has 2 rings (SSSR count). The van der Waals surface area contributed by atoms with Gasteiger partial charge in [-0.2, -0.15) is 0 Å². The molecule has 0 aliphatic carbocycles. The van der Waals surface area contributed by atoms with E-state index in [9.17, 15) is 4.39 Å². The summed E-state index contributed by atoms with van der Waals surface area (Å²) in [5.41, 5.74) is 0. The molecule has 2 unspecified atom stereocenters. The van der Waals surface area contributed by atoms with Crippen LogP contribution in [0.3, 0.4) is 0 Å². The van der Waals surface area contributed by atoms with Crippen LogP contribution in [0.25, 0.3) is 0 Å². The first-order valence-electron chi connectivity index (χ1n) is 5.24. The van der Waals surface area contributed by atoms with Crippen molar-refractivity contribution in [1.29, 1.82) is 0 Å². The first kappa shape index (κ1) is 9.71. The zero-order chi connectivity index (χ0) is 9.97. The third kappa shape index (κ3) is 1.82. The second-order valence-electron chi connectivity index (χ2n) is 3.77. The maximum Gasteiger partial charge on any atom is 0.122 e. The van der Waals surface area contributed by atoms with Crippen LogP contribution in [0.5, 0.6) is 0 Å². The van der Waals surface area contributed by atoms with Crippen LogP contribution in [0.2, 0.25) is 0 Å². The molecular formula is C11H16FNO. The molecule has 0 saturated carbocycles. The highest BCUT2D eigenvalue weighted by molar-refractivity contribution is 5.14. The number of nitrogens with one attached hydrogen (secondary N) is 1. The van der Waals surface area contributed by atoms with E-state index in [0.29, 0.717) is 6.54 Å². The number of alkyl halides is 1. The summed E-state index contributed by atoms with van der Waals surface area (Å²) >= 11 is 0. The first-order chi connectivity index (χ1) is 6.81. The van der Waals surface area contributed by atoms with Gasteiger partial charge in [0.15, 0.2) is 0 Å². The van der Waals surface area contributed by atoms with Crippen molar-refractivity contribution in [2.24, 2.45) is 0 Å². The van der Waals surface area contributed by atoms with Crippen LogP contribution in [-0.2, 0) is 6.42 Å². The minimum atomic E-state index is -0.806. The van der Waals surface area contributed by atoms with Crippen LogP contribution in [0, 0.1) is 0 Å². The Bertz CT molecular complexity index is 297. The summed E-state index contributed by atoms with van der Waals surface area (Å²) in [6.07, 6.45) is 0.902. The van der Waals surface area contributed by atoms with E-state index < -0.39 is 6.17 Å². The Kier molecular flexibility index (Phi) is 2.87. The summed E-state index contributed by atoms with van der Waals surface area (Å²) in [5, 5.41) is 3.04. The Morgan fingerprint density at radius 2 is 2.43 bits per heavy atom. The van der Waals surface area contributed by atoms with Gasteiger partial charge in [0.1, 0.15) is 17.7 Å². The Balaban J connectivity index is 2.12. The van der Waals surface area contributed by atoms with Crippen molar-refractivity contribution in [2.45, 2.75) is 31.9 Å². The van der Waals surface area contributed by atoms with E-state index in [1.54, 1.807) is 0 Å². The smallest absolute Gasteiger partial charge is 0.122 e. The van der Waals surface area contributed by atoms with Crippen molar-refractivity contribution < 1.29 is 8.81 Å². The standard InChI is InChI=1S/C11H16FNO/c1-2-8-3-4-11(14-8)9-5-6-13-7-10(9)12/h3-4,9-10,13H,2,5-7H2,1H3. The molecule has 2 atom stereocenters. The highest BCUT2D eigenvalue weighted by Crippen LogP contribution is 2.29. The maximum atomic E-state index is 13.5. The fourth-order valence-corrected chi connectivity index (χ4v) is 1.92. The highest BCUT2D eigenvalue weighted by atomic mass is 19.1. The molecule has 2 heterocycles. The van der Waals surface area contributed by atoms with Gasteiger partial charge >= 0.3 is 0 Å². The van der Waals surface area contributed by atoms with Crippen LogP contribution in [-0.4, -0.2) is 19.3 Å². The van der Waals surface area contributed by atoms with Gasteiger partial charge in [-0.3, -0.25) is 0 Å². The summed E-state index contributed by atoms with van der Waals surface area (Å²) in [4.78, 5) is 0. The lowest BCUT2D eigenvalue weighted by atomic mass is 9.94. The zero-order valence-corrected chi connectivity index (χ0v) is 8.42. The molecule has 0 amide bonds. The molecule has 0 spiro atoms. The van der Waals surface area contributed by atoms with Crippen LogP contribution in [0.1, 0.15) is 30.8 Å². The van der Waals surface area contributed by atoms with Crippen LogP contribution in [0.15, 0.2) is 16.5 Å². The molecule has 0 radical (unpaired) electrons. The molecule has 2 nitrogen and oxygen atoms in total. The molecular weight excluding hydrogens is 181 g/mol. The molecule has 1 aliphatic heterocycles. The summed E-state index contributed by atoms with van der Waals surface area (Å²) < 4.78 is 19.1. The molecule has 1 aliphatic rings. The topological polar surface area (TPSA) is 25.2 Å². The number of rotatable bonds is 2. The van der Waals surface area contributed by atoms with E-state index >= 15 is 0 Å². The molecule has 1 aromatic heterocycles. The van der Waals surface area contributed by atoms with Gasteiger partial charge in [0, 0.05) is 13.0 Å². The molecule has 1 saturated heterocycles. The summed E-state index contributed by atoms with van der Waals surface area (Å²) in [6.45, 7) is 3.37. The Morgan fingerprint density at radius 3 is 3.07 bits per heavy atom. The average Bonchev–Trinajstić information content (AvgIpc) is 2.67. The molecule has 78 valence electrons. The third-order valence-electron chi connectivity index (χ3n) is 2.80. The van der Waals surface area contributed by atoms with Gasteiger partial charge in [-0.25, -0.2) is 4.39 Å². The number of hydrogen-bond donors (Lipinski definition) is 1. The molecule has 1 aromatic rings. The molecule has 1 N–H and O–H groups in total. The van der Waals surface area contributed by atoms with E-state index in [1.165, 1.54) is 0 Å². The monoisotopic (exact) mass is 197 g/mol. The number of furan rings is 1. The van der Waals surface area contributed by atoms with E-state index in [-0.39, 0.29) is 5.92 Å². The second-order valence-corrected chi connectivity index (χ2v) is 3.77. The van der Waals surface area contributed by atoms with Crippen molar-refractivity contribution >= 4 is 0 Å². The lowest BCUT2D eigenvalue weighted by Crippen LogP contribution is -2.36. The third-order valence-corrected chi connectivity index (χ3v) is 2.80. The van der Waals surface area contributed by atoms with E-state index in [1.807, 2.05) is 19.1 Å². The van der Waals surface area contributed by atoms with Crippen LogP contribution < -0.4 is 5.32 Å². The fraction of sp³-hybridized carbons (Fsp3) is 0.636. The predicted molar refractivity (Wildman–Crippen MR) is 53.2 cm³/mol. The number of hydrogen-bond acceptors (Lipinski definition) is 2. The Hall–Kier alpha value is -0.830. The Labute approximate surface area is 83.5 Å².